The van der Waals surface area contributed by atoms with Gasteiger partial charge in [0.25, 0.3) is 0 Å². The van der Waals surface area contributed by atoms with E-state index in [9.17, 15) is 4.79 Å². The molecule has 3 aliphatic heterocycles. The van der Waals surface area contributed by atoms with Crippen LogP contribution < -0.4 is 9.47 Å². The van der Waals surface area contributed by atoms with Crippen LogP contribution in [0.25, 0.3) is 0 Å². The Bertz CT molecular complexity index is 830. The summed E-state index contributed by atoms with van der Waals surface area (Å²) in [6.45, 7) is 2.07. The summed E-state index contributed by atoms with van der Waals surface area (Å²) >= 11 is 0. The first-order chi connectivity index (χ1) is 16.5. The van der Waals surface area contributed by atoms with E-state index in [1.807, 2.05) is 6.92 Å². The van der Waals surface area contributed by atoms with Crippen LogP contribution in [-0.2, 0) is 33.2 Å². The van der Waals surface area contributed by atoms with Crippen molar-refractivity contribution in [3.05, 3.63) is 23.3 Å². The molecule has 0 amide bonds. The second-order valence-electron chi connectivity index (χ2n) is 8.76. The zero-order chi connectivity index (χ0) is 24.1. The van der Waals surface area contributed by atoms with E-state index < -0.39 is 12.1 Å². The van der Waals surface area contributed by atoms with Crippen LogP contribution in [0.4, 0.5) is 0 Å². The molecule has 3 heterocycles. The fraction of sp³-hybridized carbons (Fsp3) is 0.708. The summed E-state index contributed by atoms with van der Waals surface area (Å²) in [6.07, 6.45) is 1.85. The van der Waals surface area contributed by atoms with Gasteiger partial charge in [0.05, 0.1) is 24.4 Å². The van der Waals surface area contributed by atoms with Gasteiger partial charge in [0.15, 0.2) is 13.6 Å². The Morgan fingerprint density at radius 1 is 0.912 bits per heavy atom. The zero-order valence-electron chi connectivity index (χ0n) is 20.2. The molecule has 0 radical (unpaired) electrons. The van der Waals surface area contributed by atoms with E-state index in [4.69, 9.17) is 42.6 Å². The van der Waals surface area contributed by atoms with Gasteiger partial charge in [-0.15, -0.1) is 0 Å². The summed E-state index contributed by atoms with van der Waals surface area (Å²) in [5, 5.41) is 0. The van der Waals surface area contributed by atoms with Crippen molar-refractivity contribution in [3.63, 3.8) is 0 Å². The van der Waals surface area contributed by atoms with E-state index in [0.717, 1.165) is 19.3 Å². The number of ether oxygens (including phenoxy) is 9. The molecule has 1 aromatic carbocycles. The van der Waals surface area contributed by atoms with Crippen LogP contribution in [-0.4, -0.2) is 78.2 Å². The Morgan fingerprint density at radius 3 is 2.44 bits per heavy atom. The smallest absolute Gasteiger partial charge is 0.342 e. The third kappa shape index (κ3) is 5.99. The van der Waals surface area contributed by atoms with Crippen LogP contribution in [0.2, 0.25) is 0 Å². The molecule has 0 saturated carbocycles. The lowest BCUT2D eigenvalue weighted by molar-refractivity contribution is -0.180. The topological polar surface area (TPSA) is 103 Å². The molecule has 2 bridgehead atoms. The van der Waals surface area contributed by atoms with E-state index in [-0.39, 0.29) is 50.9 Å². The molecular weight excluding hydrogens is 448 g/mol. The highest BCUT2D eigenvalue weighted by atomic mass is 16.7. The molecule has 3 aliphatic rings. The number of cyclic esters (lactones) is 1. The predicted molar refractivity (Wildman–Crippen MR) is 118 cm³/mol. The Morgan fingerprint density at radius 2 is 1.68 bits per heavy atom. The minimum absolute atomic E-state index is 0.0327. The molecule has 0 spiro atoms. The monoisotopic (exact) mass is 482 g/mol. The molecule has 2 saturated heterocycles. The van der Waals surface area contributed by atoms with Crippen molar-refractivity contribution in [2.24, 2.45) is 0 Å². The highest BCUT2D eigenvalue weighted by Gasteiger charge is 2.47. The van der Waals surface area contributed by atoms with Gasteiger partial charge in [-0.3, -0.25) is 0 Å². The standard InChI is InChI=1S/C24H34O10/c1-14-7-19-18(30-12-27-3)6-5-15(33-19)9-21-23(34-21)17-8-16(29-11-26-2)10-20(31-13-28-4)22(17)24(25)32-14/h8,10,14-15,18-19,21,23H,5-7,9,11-13H2,1-4H3/t14-,15-,18-,19+,21+,23+/m0/s1. The number of methoxy groups -OCH3 is 3. The zero-order valence-corrected chi connectivity index (χ0v) is 20.2. The third-order valence-electron chi connectivity index (χ3n) is 6.20. The first-order valence-electron chi connectivity index (χ1n) is 11.6. The second kappa shape index (κ2) is 11.7. The van der Waals surface area contributed by atoms with E-state index in [1.165, 1.54) is 14.2 Å². The van der Waals surface area contributed by atoms with Crippen molar-refractivity contribution in [2.75, 3.05) is 41.7 Å². The molecule has 0 aliphatic carbocycles. The lowest BCUT2D eigenvalue weighted by Gasteiger charge is -2.37. The van der Waals surface area contributed by atoms with Gasteiger partial charge in [0.1, 0.15) is 36.1 Å². The summed E-state index contributed by atoms with van der Waals surface area (Å²) < 4.78 is 50.7. The largest absolute Gasteiger partial charge is 0.467 e. The Kier molecular flexibility index (Phi) is 8.62. The number of benzene rings is 1. The number of carbonyl (C=O) groups excluding carboxylic acids is 1. The summed E-state index contributed by atoms with van der Waals surface area (Å²) in [4.78, 5) is 13.4. The number of hydrogen-bond donors (Lipinski definition) is 0. The van der Waals surface area contributed by atoms with E-state index in [2.05, 4.69) is 0 Å². The van der Waals surface area contributed by atoms with Gasteiger partial charge in [-0.2, -0.15) is 0 Å². The Labute approximate surface area is 199 Å². The van der Waals surface area contributed by atoms with Gasteiger partial charge in [-0.25, -0.2) is 4.79 Å². The van der Waals surface area contributed by atoms with Crippen LogP contribution in [0, 0.1) is 0 Å². The van der Waals surface area contributed by atoms with Crippen LogP contribution in [0.15, 0.2) is 12.1 Å². The predicted octanol–water partition coefficient (Wildman–Crippen LogP) is 2.97. The molecule has 0 unspecified atom stereocenters. The van der Waals surface area contributed by atoms with E-state index >= 15 is 0 Å². The normalized spacial score (nSPS) is 30.8. The second-order valence-corrected chi connectivity index (χ2v) is 8.76. The molecule has 190 valence electrons. The number of hydrogen-bond acceptors (Lipinski definition) is 10. The average Bonchev–Trinajstić information content (AvgIpc) is 3.58. The van der Waals surface area contributed by atoms with Crippen molar-refractivity contribution in [1.29, 1.82) is 0 Å². The molecule has 6 atom stereocenters. The van der Waals surface area contributed by atoms with Crippen LogP contribution in [0.3, 0.4) is 0 Å². The SMILES string of the molecule is COCOc1cc(OCOC)c2c(c1)[C@H]1O[C@@H]1C[C@@H]1CC[C@H](OCOC)[C@@H](C[C@H](C)OC2=O)O1. The highest BCUT2D eigenvalue weighted by Crippen LogP contribution is 2.48. The number of esters is 1. The van der Waals surface area contributed by atoms with Gasteiger partial charge >= 0.3 is 5.97 Å². The van der Waals surface area contributed by atoms with Crippen molar-refractivity contribution in [2.45, 2.75) is 69.2 Å². The van der Waals surface area contributed by atoms with Crippen molar-refractivity contribution in [3.8, 4) is 11.5 Å². The minimum Gasteiger partial charge on any atom is -0.467 e. The molecule has 10 nitrogen and oxygen atoms in total. The van der Waals surface area contributed by atoms with Crippen LogP contribution in [0.1, 0.15) is 54.6 Å². The Hall–Kier alpha value is -1.95. The molecule has 0 N–H and O–H groups in total. The van der Waals surface area contributed by atoms with Crippen molar-refractivity contribution >= 4 is 5.97 Å². The number of rotatable bonds is 9. The quantitative estimate of drug-likeness (QED) is 0.296. The highest BCUT2D eigenvalue weighted by molar-refractivity contribution is 5.95. The van der Waals surface area contributed by atoms with Crippen LogP contribution in [0.5, 0.6) is 11.5 Å². The molecule has 34 heavy (non-hydrogen) atoms. The first kappa shape index (κ1) is 25.2. The molecule has 4 rings (SSSR count). The molecular formula is C24H34O10. The van der Waals surface area contributed by atoms with Gasteiger partial charge in [0.2, 0.25) is 0 Å². The number of fused-ring (bicyclic) bond motifs is 5. The fourth-order valence-electron chi connectivity index (χ4n) is 4.64. The van der Waals surface area contributed by atoms with Gasteiger partial charge < -0.3 is 42.6 Å². The van der Waals surface area contributed by atoms with E-state index in [0.29, 0.717) is 29.0 Å². The maximum atomic E-state index is 13.4. The fourth-order valence-corrected chi connectivity index (χ4v) is 4.64. The summed E-state index contributed by atoms with van der Waals surface area (Å²) in [5.41, 5.74) is 0.983. The lowest BCUT2D eigenvalue weighted by atomic mass is 9.93. The molecule has 1 aromatic rings. The maximum absolute atomic E-state index is 13.4. The van der Waals surface area contributed by atoms with Crippen molar-refractivity contribution < 1.29 is 47.4 Å². The maximum Gasteiger partial charge on any atom is 0.342 e. The Balaban J connectivity index is 1.64. The average molecular weight is 483 g/mol. The van der Waals surface area contributed by atoms with Gasteiger partial charge in [-0.05, 0) is 25.8 Å². The lowest BCUT2D eigenvalue weighted by Crippen LogP contribution is -2.43. The molecule has 0 aromatic heterocycles. The number of carbonyl (C=O) groups is 1. The molecule has 10 heteroatoms. The summed E-state index contributed by atoms with van der Waals surface area (Å²) in [6, 6.07) is 3.42. The summed E-state index contributed by atoms with van der Waals surface area (Å²) in [5.74, 6) is 0.316. The van der Waals surface area contributed by atoms with Crippen molar-refractivity contribution in [1.82, 2.24) is 0 Å². The van der Waals surface area contributed by atoms with Crippen LogP contribution >= 0.6 is 0 Å². The molecule has 2 fully saturated rings. The minimum atomic E-state index is -0.497. The number of epoxide rings is 1. The summed E-state index contributed by atoms with van der Waals surface area (Å²) in [7, 11) is 4.64. The first-order valence-corrected chi connectivity index (χ1v) is 11.6. The van der Waals surface area contributed by atoms with Gasteiger partial charge in [0, 0.05) is 45.8 Å². The van der Waals surface area contributed by atoms with Gasteiger partial charge in [-0.1, -0.05) is 0 Å². The van der Waals surface area contributed by atoms with E-state index in [1.54, 1.807) is 19.2 Å². The third-order valence-corrected chi connectivity index (χ3v) is 6.20.